The van der Waals surface area contributed by atoms with Gasteiger partial charge in [0.2, 0.25) is 5.91 Å². The van der Waals surface area contributed by atoms with Crippen LogP contribution < -0.4 is 5.32 Å². The van der Waals surface area contributed by atoms with Crippen molar-refractivity contribution in [1.29, 1.82) is 0 Å². The number of likely N-dealkylation sites (N-methyl/N-ethyl adjacent to an activating group) is 1. The van der Waals surface area contributed by atoms with Gasteiger partial charge in [0, 0.05) is 13.6 Å². The first-order valence-corrected chi connectivity index (χ1v) is 8.97. The van der Waals surface area contributed by atoms with Crippen LogP contribution in [0.25, 0.3) is 0 Å². The summed E-state index contributed by atoms with van der Waals surface area (Å²) >= 11 is 0. The van der Waals surface area contributed by atoms with Gasteiger partial charge in [0.15, 0.2) is 0 Å². The average Bonchev–Trinajstić information content (AvgIpc) is 2.65. The molecule has 2 aromatic carbocycles. The van der Waals surface area contributed by atoms with Crippen molar-refractivity contribution in [3.05, 3.63) is 71.0 Å². The van der Waals surface area contributed by atoms with Crippen molar-refractivity contribution < 1.29 is 27.2 Å². The minimum Gasteiger partial charge on any atom is -0.340 e. The largest absolute Gasteiger partial charge is 0.416 e. The van der Waals surface area contributed by atoms with Gasteiger partial charge < -0.3 is 10.2 Å². The Bertz CT molecular complexity index is 864. The molecular weight excluding hydrogens is 388 g/mol. The molecule has 29 heavy (non-hydrogen) atoms. The van der Waals surface area contributed by atoms with Gasteiger partial charge in [-0.15, -0.1) is 0 Å². The van der Waals surface area contributed by atoms with Crippen molar-refractivity contribution in [2.24, 2.45) is 5.92 Å². The normalized spacial score (nSPS) is 12.6. The number of carbonyl (C=O) groups excluding carboxylic acids is 2. The number of nitrogens with zero attached hydrogens (tertiary/aromatic N) is 1. The van der Waals surface area contributed by atoms with Gasteiger partial charge in [0.1, 0.15) is 11.9 Å². The molecule has 0 heterocycles. The number of nitrogens with one attached hydrogen (secondary N) is 1. The van der Waals surface area contributed by atoms with Gasteiger partial charge in [0.25, 0.3) is 5.91 Å². The van der Waals surface area contributed by atoms with Crippen molar-refractivity contribution in [3.63, 3.8) is 0 Å². The summed E-state index contributed by atoms with van der Waals surface area (Å²) < 4.78 is 51.8. The predicted molar refractivity (Wildman–Crippen MR) is 100 cm³/mol. The molecule has 0 aliphatic carbocycles. The number of hydrogen-bond donors (Lipinski definition) is 1. The van der Waals surface area contributed by atoms with E-state index in [1.165, 1.54) is 42.3 Å². The van der Waals surface area contributed by atoms with Crippen molar-refractivity contribution >= 4 is 11.8 Å². The fraction of sp³-hybridized carbons (Fsp3) is 0.333. The second-order valence-corrected chi connectivity index (χ2v) is 7.06. The van der Waals surface area contributed by atoms with E-state index in [4.69, 9.17) is 0 Å². The Labute approximate surface area is 166 Å². The van der Waals surface area contributed by atoms with E-state index in [-0.39, 0.29) is 18.0 Å². The zero-order valence-electron chi connectivity index (χ0n) is 16.3. The van der Waals surface area contributed by atoms with Crippen LogP contribution in [0.3, 0.4) is 0 Å². The monoisotopic (exact) mass is 410 g/mol. The molecule has 2 aromatic rings. The first-order chi connectivity index (χ1) is 13.5. The van der Waals surface area contributed by atoms with Crippen LogP contribution in [0.5, 0.6) is 0 Å². The molecule has 2 rings (SSSR count). The molecule has 1 unspecified atom stereocenters. The van der Waals surface area contributed by atoms with Crippen LogP contribution in [0.2, 0.25) is 0 Å². The summed E-state index contributed by atoms with van der Waals surface area (Å²) in [5, 5.41) is 2.55. The van der Waals surface area contributed by atoms with Crippen LogP contribution in [0.15, 0.2) is 48.5 Å². The van der Waals surface area contributed by atoms with Crippen molar-refractivity contribution in [3.8, 4) is 0 Å². The molecule has 0 saturated carbocycles. The maximum Gasteiger partial charge on any atom is 0.416 e. The predicted octanol–water partition coefficient (Wildman–Crippen LogP) is 4.26. The minimum absolute atomic E-state index is 0.0652. The highest BCUT2D eigenvalue weighted by Gasteiger charge is 2.31. The Morgan fingerprint density at radius 1 is 1.03 bits per heavy atom. The zero-order chi connectivity index (χ0) is 21.8. The van der Waals surface area contributed by atoms with Gasteiger partial charge in [-0.05, 0) is 35.7 Å². The lowest BCUT2D eigenvalue weighted by Gasteiger charge is -2.27. The summed E-state index contributed by atoms with van der Waals surface area (Å²) in [4.78, 5) is 26.5. The number of rotatable bonds is 6. The van der Waals surface area contributed by atoms with E-state index < -0.39 is 35.4 Å². The Morgan fingerprint density at radius 3 is 2.14 bits per heavy atom. The third-order valence-electron chi connectivity index (χ3n) is 4.42. The smallest absolute Gasteiger partial charge is 0.340 e. The van der Waals surface area contributed by atoms with Crippen molar-refractivity contribution in [2.45, 2.75) is 32.6 Å². The molecule has 0 aliphatic rings. The lowest BCUT2D eigenvalue weighted by atomic mass is 10.0. The van der Waals surface area contributed by atoms with Gasteiger partial charge in [-0.3, -0.25) is 9.59 Å². The lowest BCUT2D eigenvalue weighted by molar-refractivity contribution is -0.137. The van der Waals surface area contributed by atoms with Crippen LogP contribution in [0.4, 0.5) is 17.6 Å². The summed E-state index contributed by atoms with van der Waals surface area (Å²) in [5.41, 5.74) is -0.430. The van der Waals surface area contributed by atoms with E-state index >= 15 is 0 Å². The number of benzene rings is 2. The second kappa shape index (κ2) is 9.07. The van der Waals surface area contributed by atoms with Gasteiger partial charge in [0.05, 0.1) is 11.1 Å². The van der Waals surface area contributed by atoms with Crippen LogP contribution >= 0.6 is 0 Å². The molecule has 0 aliphatic heterocycles. The summed E-state index contributed by atoms with van der Waals surface area (Å²) in [6.07, 6.45) is -4.43. The molecule has 156 valence electrons. The maximum atomic E-state index is 13.8. The fourth-order valence-corrected chi connectivity index (χ4v) is 2.77. The average molecular weight is 410 g/mol. The number of halogens is 4. The van der Waals surface area contributed by atoms with Crippen LogP contribution in [-0.4, -0.2) is 29.8 Å². The minimum atomic E-state index is -4.43. The number of carbonyl (C=O) groups is 2. The molecule has 0 fully saturated rings. The summed E-state index contributed by atoms with van der Waals surface area (Å²) in [6.45, 7) is 3.53. The molecule has 0 saturated heterocycles. The van der Waals surface area contributed by atoms with E-state index in [0.29, 0.717) is 5.56 Å². The molecule has 0 radical (unpaired) electrons. The molecule has 0 bridgehead atoms. The van der Waals surface area contributed by atoms with E-state index in [0.717, 1.165) is 18.2 Å². The lowest BCUT2D eigenvalue weighted by Crippen LogP contribution is -2.50. The standard InChI is InChI=1S/C21H22F4N2O2/c1-13(2)18(26-19(28)16-6-4-5-7-17(16)22)20(29)27(3)12-14-8-10-15(11-9-14)21(23,24)25/h4-11,13,18H,12H2,1-3H3,(H,26,28). The second-order valence-electron chi connectivity index (χ2n) is 7.06. The highest BCUT2D eigenvalue weighted by atomic mass is 19.4. The van der Waals surface area contributed by atoms with Gasteiger partial charge in [-0.2, -0.15) is 13.2 Å². The van der Waals surface area contributed by atoms with Crippen LogP contribution in [0, 0.1) is 11.7 Å². The van der Waals surface area contributed by atoms with Crippen molar-refractivity contribution in [2.75, 3.05) is 7.05 Å². The summed E-state index contributed by atoms with van der Waals surface area (Å²) in [6, 6.07) is 9.03. The van der Waals surface area contributed by atoms with Crippen LogP contribution in [0.1, 0.15) is 35.3 Å². The van der Waals surface area contributed by atoms with E-state index in [1.807, 2.05) is 0 Å². The topological polar surface area (TPSA) is 49.4 Å². The third kappa shape index (κ3) is 5.79. The Hall–Kier alpha value is -2.90. The first kappa shape index (κ1) is 22.4. The molecule has 8 heteroatoms. The Balaban J connectivity index is 2.10. The molecular formula is C21H22F4N2O2. The van der Waals surface area contributed by atoms with Gasteiger partial charge >= 0.3 is 6.18 Å². The zero-order valence-corrected chi connectivity index (χ0v) is 16.3. The third-order valence-corrected chi connectivity index (χ3v) is 4.42. The molecule has 0 spiro atoms. The summed E-state index contributed by atoms with van der Waals surface area (Å²) in [5.74, 6) is -2.12. The fourth-order valence-electron chi connectivity index (χ4n) is 2.77. The Kier molecular flexibility index (Phi) is 7.00. The molecule has 4 nitrogen and oxygen atoms in total. The van der Waals surface area contributed by atoms with E-state index in [2.05, 4.69) is 5.32 Å². The van der Waals surface area contributed by atoms with Crippen molar-refractivity contribution in [1.82, 2.24) is 10.2 Å². The Morgan fingerprint density at radius 2 is 1.62 bits per heavy atom. The number of hydrogen-bond acceptors (Lipinski definition) is 2. The first-order valence-electron chi connectivity index (χ1n) is 8.97. The van der Waals surface area contributed by atoms with Gasteiger partial charge in [-0.1, -0.05) is 38.1 Å². The highest BCUT2D eigenvalue weighted by molar-refractivity contribution is 5.97. The van der Waals surface area contributed by atoms with Gasteiger partial charge in [-0.25, -0.2) is 4.39 Å². The summed E-state index contributed by atoms with van der Waals surface area (Å²) in [7, 11) is 1.49. The maximum absolute atomic E-state index is 13.8. The molecule has 1 N–H and O–H groups in total. The molecule has 2 amide bonds. The SMILES string of the molecule is CC(C)C(NC(=O)c1ccccc1F)C(=O)N(C)Cc1ccc(C(F)(F)F)cc1. The quantitative estimate of drug-likeness (QED) is 0.724. The number of alkyl halides is 3. The highest BCUT2D eigenvalue weighted by Crippen LogP contribution is 2.29. The van der Waals surface area contributed by atoms with E-state index in [9.17, 15) is 27.2 Å². The number of amides is 2. The molecule has 0 aromatic heterocycles. The molecule has 1 atom stereocenters. The van der Waals surface area contributed by atoms with E-state index in [1.54, 1.807) is 13.8 Å². The van der Waals surface area contributed by atoms with Crippen LogP contribution in [-0.2, 0) is 17.5 Å².